The van der Waals surface area contributed by atoms with Crippen LogP contribution >= 0.6 is 23.2 Å². The largest absolute Gasteiger partial charge is 0.299 e. The molecule has 0 radical (unpaired) electrons. The summed E-state index contributed by atoms with van der Waals surface area (Å²) in [6.45, 7) is 4.41. The molecule has 1 atom stereocenters. The van der Waals surface area contributed by atoms with Crippen LogP contribution in [0.3, 0.4) is 0 Å². The van der Waals surface area contributed by atoms with Crippen molar-refractivity contribution in [1.29, 1.82) is 0 Å². The Hall–Kier alpha value is -0.530. The molecule has 19 heavy (non-hydrogen) atoms. The Labute approximate surface area is 125 Å². The van der Waals surface area contributed by atoms with Crippen LogP contribution in [0.4, 0.5) is 0 Å². The number of hydrogen-bond donors (Lipinski definition) is 0. The van der Waals surface area contributed by atoms with Gasteiger partial charge in [-0.2, -0.15) is 0 Å². The Morgan fingerprint density at radius 3 is 2.74 bits per heavy atom. The van der Waals surface area contributed by atoms with Gasteiger partial charge in [0.15, 0.2) is 0 Å². The van der Waals surface area contributed by atoms with Crippen molar-refractivity contribution >= 4 is 29.0 Å². The van der Waals surface area contributed by atoms with Crippen molar-refractivity contribution in [2.24, 2.45) is 11.3 Å². The smallest absolute Gasteiger partial charge is 0.140 e. The van der Waals surface area contributed by atoms with E-state index >= 15 is 0 Å². The van der Waals surface area contributed by atoms with E-state index in [9.17, 15) is 4.79 Å². The van der Waals surface area contributed by atoms with Crippen LogP contribution in [0.5, 0.6) is 0 Å². The number of halogens is 2. The van der Waals surface area contributed by atoms with E-state index < -0.39 is 0 Å². The lowest BCUT2D eigenvalue weighted by Crippen LogP contribution is -2.34. The summed E-state index contributed by atoms with van der Waals surface area (Å²) >= 11 is 12.2. The molecule has 3 heteroatoms. The van der Waals surface area contributed by atoms with E-state index in [1.165, 1.54) is 6.42 Å². The topological polar surface area (TPSA) is 17.1 Å². The molecule has 1 aliphatic rings. The fraction of sp³-hybridized carbons (Fsp3) is 0.562. The van der Waals surface area contributed by atoms with Crippen molar-refractivity contribution in [1.82, 2.24) is 0 Å². The van der Waals surface area contributed by atoms with Gasteiger partial charge in [-0.3, -0.25) is 4.79 Å². The lowest BCUT2D eigenvalue weighted by atomic mass is 9.66. The number of rotatable bonds is 3. The second kappa shape index (κ2) is 5.85. The summed E-state index contributed by atoms with van der Waals surface area (Å²) in [6, 6.07) is 5.49. The van der Waals surface area contributed by atoms with E-state index in [0.29, 0.717) is 22.2 Å². The van der Waals surface area contributed by atoms with Gasteiger partial charge in [0.2, 0.25) is 0 Å². The lowest BCUT2D eigenvalue weighted by molar-refractivity contribution is -0.127. The molecule has 2 rings (SSSR count). The molecule has 1 aliphatic carbocycles. The Morgan fingerprint density at radius 2 is 2.05 bits per heavy atom. The molecule has 0 aromatic heterocycles. The highest BCUT2D eigenvalue weighted by Crippen LogP contribution is 2.41. The Balaban J connectivity index is 2.14. The van der Waals surface area contributed by atoms with Crippen molar-refractivity contribution in [2.45, 2.75) is 46.0 Å². The summed E-state index contributed by atoms with van der Waals surface area (Å²) in [7, 11) is 0. The zero-order chi connectivity index (χ0) is 14.0. The van der Waals surface area contributed by atoms with E-state index in [0.717, 1.165) is 24.8 Å². The van der Waals surface area contributed by atoms with Crippen molar-refractivity contribution in [2.75, 3.05) is 0 Å². The molecule has 1 fully saturated rings. The zero-order valence-electron chi connectivity index (χ0n) is 11.5. The molecule has 1 nitrogen and oxygen atoms in total. The van der Waals surface area contributed by atoms with E-state index in [1.807, 2.05) is 12.1 Å². The van der Waals surface area contributed by atoms with Gasteiger partial charge >= 0.3 is 0 Å². The van der Waals surface area contributed by atoms with Gasteiger partial charge in [0.1, 0.15) is 5.78 Å². The number of carbonyl (C=O) groups excluding carboxylic acids is 1. The van der Waals surface area contributed by atoms with Gasteiger partial charge in [-0.1, -0.05) is 62.0 Å². The highest BCUT2D eigenvalue weighted by Gasteiger charge is 2.36. The number of ketones is 1. The fourth-order valence-electron chi connectivity index (χ4n) is 3.09. The highest BCUT2D eigenvalue weighted by molar-refractivity contribution is 6.42. The van der Waals surface area contributed by atoms with Crippen LogP contribution in [0, 0.1) is 11.3 Å². The summed E-state index contributed by atoms with van der Waals surface area (Å²) in [4.78, 5) is 12.5. The van der Waals surface area contributed by atoms with E-state index in [-0.39, 0.29) is 11.3 Å². The predicted molar refractivity (Wildman–Crippen MR) is 80.9 cm³/mol. The third kappa shape index (κ3) is 3.32. The van der Waals surface area contributed by atoms with E-state index in [1.54, 1.807) is 6.07 Å². The molecular weight excluding hydrogens is 279 g/mol. The maximum Gasteiger partial charge on any atom is 0.140 e. The van der Waals surface area contributed by atoms with Crippen LogP contribution in [0.2, 0.25) is 10.0 Å². The SMILES string of the molecule is CC1(C)CCCCC1C(=O)Cc1cccc(Cl)c1Cl. The Morgan fingerprint density at radius 1 is 1.32 bits per heavy atom. The highest BCUT2D eigenvalue weighted by atomic mass is 35.5. The van der Waals surface area contributed by atoms with Crippen molar-refractivity contribution in [3.05, 3.63) is 33.8 Å². The summed E-state index contributed by atoms with van der Waals surface area (Å²) in [6.07, 6.45) is 4.92. The summed E-state index contributed by atoms with van der Waals surface area (Å²) in [5.74, 6) is 0.449. The first-order valence-electron chi connectivity index (χ1n) is 6.87. The van der Waals surface area contributed by atoms with Gasteiger partial charge in [-0.25, -0.2) is 0 Å². The van der Waals surface area contributed by atoms with Crippen molar-refractivity contribution in [3.8, 4) is 0 Å². The predicted octanol–water partition coefficient (Wildman–Crippen LogP) is 5.32. The number of hydrogen-bond acceptors (Lipinski definition) is 1. The van der Waals surface area contributed by atoms with Crippen molar-refractivity contribution < 1.29 is 4.79 Å². The second-order valence-electron chi connectivity index (χ2n) is 6.14. The standard InChI is InChI=1S/C16H20Cl2O/c1-16(2)9-4-3-7-12(16)14(19)10-11-6-5-8-13(17)15(11)18/h5-6,8,12H,3-4,7,9-10H2,1-2H3. The van der Waals surface area contributed by atoms with Gasteiger partial charge in [0.05, 0.1) is 10.0 Å². The molecule has 1 aromatic rings. The first-order chi connectivity index (χ1) is 8.92. The summed E-state index contributed by atoms with van der Waals surface area (Å²) in [5.41, 5.74) is 0.959. The van der Waals surface area contributed by atoms with Gasteiger partial charge in [-0.05, 0) is 29.9 Å². The van der Waals surface area contributed by atoms with Gasteiger partial charge < -0.3 is 0 Å². The molecule has 0 aliphatic heterocycles. The van der Waals surface area contributed by atoms with Gasteiger partial charge in [0.25, 0.3) is 0 Å². The molecule has 0 heterocycles. The van der Waals surface area contributed by atoms with E-state index in [2.05, 4.69) is 13.8 Å². The average molecular weight is 299 g/mol. The molecule has 0 N–H and O–H groups in total. The summed E-state index contributed by atoms with van der Waals surface area (Å²) in [5, 5.41) is 1.04. The Kier molecular flexibility index (Phi) is 4.58. The monoisotopic (exact) mass is 298 g/mol. The molecule has 1 aromatic carbocycles. The maximum atomic E-state index is 12.5. The molecule has 0 spiro atoms. The van der Waals surface area contributed by atoms with Gasteiger partial charge in [-0.15, -0.1) is 0 Å². The normalized spacial score (nSPS) is 22.2. The number of carbonyl (C=O) groups is 1. The second-order valence-corrected chi connectivity index (χ2v) is 6.93. The zero-order valence-corrected chi connectivity index (χ0v) is 13.0. The molecule has 0 saturated heterocycles. The molecule has 104 valence electrons. The quantitative estimate of drug-likeness (QED) is 0.738. The molecular formula is C16H20Cl2O. The molecule has 0 amide bonds. The minimum Gasteiger partial charge on any atom is -0.299 e. The minimum atomic E-state index is 0.111. The van der Waals surface area contributed by atoms with Crippen LogP contribution < -0.4 is 0 Å². The minimum absolute atomic E-state index is 0.111. The number of benzene rings is 1. The van der Waals surface area contributed by atoms with E-state index in [4.69, 9.17) is 23.2 Å². The van der Waals surface area contributed by atoms with Crippen molar-refractivity contribution in [3.63, 3.8) is 0 Å². The molecule has 1 saturated carbocycles. The van der Waals surface area contributed by atoms with Crippen LogP contribution in [-0.2, 0) is 11.2 Å². The lowest BCUT2D eigenvalue weighted by Gasteiger charge is -2.37. The van der Waals surface area contributed by atoms with Crippen LogP contribution in [0.1, 0.15) is 45.1 Å². The van der Waals surface area contributed by atoms with Crippen LogP contribution in [0.25, 0.3) is 0 Å². The Bertz CT molecular complexity index is 480. The fourth-order valence-corrected chi connectivity index (χ4v) is 3.47. The third-order valence-corrected chi connectivity index (χ3v) is 5.15. The third-order valence-electron chi connectivity index (χ3n) is 4.29. The summed E-state index contributed by atoms with van der Waals surface area (Å²) < 4.78 is 0. The number of Topliss-reactive ketones (excluding diaryl/α,β-unsaturated/α-hetero) is 1. The van der Waals surface area contributed by atoms with Crippen LogP contribution in [-0.4, -0.2) is 5.78 Å². The van der Waals surface area contributed by atoms with Gasteiger partial charge in [0, 0.05) is 12.3 Å². The first-order valence-corrected chi connectivity index (χ1v) is 7.63. The first kappa shape index (κ1) is 14.9. The molecule has 0 bridgehead atoms. The van der Waals surface area contributed by atoms with Crippen LogP contribution in [0.15, 0.2) is 18.2 Å². The average Bonchev–Trinajstić information content (AvgIpc) is 2.34. The molecule has 1 unspecified atom stereocenters. The maximum absolute atomic E-state index is 12.5.